The van der Waals surface area contributed by atoms with Crippen molar-refractivity contribution in [3.63, 3.8) is 0 Å². The molecule has 7 heteroatoms. The maximum absolute atomic E-state index is 12.6. The van der Waals surface area contributed by atoms with E-state index in [4.69, 9.17) is 10.6 Å². The molecule has 4 nitrogen and oxygen atoms in total. The normalized spacial score (nSPS) is 11.7. The zero-order valence-corrected chi connectivity index (χ0v) is 10.9. The van der Waals surface area contributed by atoms with Crippen molar-refractivity contribution in [2.45, 2.75) is 32.9 Å². The number of hydrazine groups is 1. The topological polar surface area (TPSA) is 60.2 Å². The number of aromatic nitrogens is 1. The van der Waals surface area contributed by atoms with Crippen LogP contribution in [0.15, 0.2) is 12.1 Å². The predicted molar refractivity (Wildman–Crippen MR) is 66.6 cm³/mol. The molecular weight excluding hydrogens is 259 g/mol. The number of nitrogens with zero attached hydrogens (tertiary/aromatic N) is 1. The molecule has 1 aromatic rings. The Morgan fingerprint density at radius 2 is 2.05 bits per heavy atom. The van der Waals surface area contributed by atoms with E-state index in [-0.39, 0.29) is 11.7 Å². The molecule has 0 atom stereocenters. The summed E-state index contributed by atoms with van der Waals surface area (Å²) >= 11 is 0. The Kier molecular flexibility index (Phi) is 5.41. The molecule has 1 aromatic heterocycles. The third-order valence-electron chi connectivity index (χ3n) is 2.45. The third-order valence-corrected chi connectivity index (χ3v) is 2.45. The molecule has 0 aromatic carbocycles. The minimum Gasteiger partial charge on any atom is -0.478 e. The number of hydrogen-bond donors (Lipinski definition) is 2. The van der Waals surface area contributed by atoms with Crippen LogP contribution in [0.1, 0.15) is 32.3 Å². The van der Waals surface area contributed by atoms with Crippen LogP contribution < -0.4 is 16.0 Å². The van der Waals surface area contributed by atoms with Crippen LogP contribution in [0, 0.1) is 5.92 Å². The first-order valence-corrected chi connectivity index (χ1v) is 6.01. The Morgan fingerprint density at radius 3 is 2.58 bits per heavy atom. The van der Waals surface area contributed by atoms with Gasteiger partial charge in [0.05, 0.1) is 12.2 Å². The lowest BCUT2D eigenvalue weighted by atomic mass is 10.1. The van der Waals surface area contributed by atoms with Crippen molar-refractivity contribution in [2.75, 3.05) is 12.0 Å². The second-order valence-corrected chi connectivity index (χ2v) is 4.61. The van der Waals surface area contributed by atoms with Gasteiger partial charge in [-0.05, 0) is 24.8 Å². The number of nitrogens with two attached hydrogens (primary N) is 1. The van der Waals surface area contributed by atoms with Crippen LogP contribution in [0.3, 0.4) is 0 Å². The van der Waals surface area contributed by atoms with Crippen molar-refractivity contribution in [2.24, 2.45) is 11.8 Å². The molecule has 0 aliphatic heterocycles. The Bertz CT molecular complexity index is 408. The van der Waals surface area contributed by atoms with E-state index in [2.05, 4.69) is 24.3 Å². The molecule has 1 rings (SSSR count). The largest absolute Gasteiger partial charge is 0.478 e. The van der Waals surface area contributed by atoms with Crippen LogP contribution in [-0.2, 0) is 6.18 Å². The van der Waals surface area contributed by atoms with Gasteiger partial charge < -0.3 is 10.2 Å². The van der Waals surface area contributed by atoms with E-state index >= 15 is 0 Å². The molecule has 0 bridgehead atoms. The Labute approximate surface area is 110 Å². The molecule has 3 N–H and O–H groups in total. The van der Waals surface area contributed by atoms with Gasteiger partial charge in [-0.2, -0.15) is 18.2 Å². The maximum atomic E-state index is 12.6. The summed E-state index contributed by atoms with van der Waals surface area (Å²) in [6.45, 7) is 4.47. The standard InChI is InChI=1S/C12H18F3N3O/c1-8(2)4-3-5-19-11-7-9(12(13,14)15)6-10(17-11)18-16/h6-8H,3-5,16H2,1-2H3,(H,17,18). The fourth-order valence-corrected chi connectivity index (χ4v) is 1.49. The van der Waals surface area contributed by atoms with Crippen molar-refractivity contribution >= 4 is 5.82 Å². The van der Waals surface area contributed by atoms with Gasteiger partial charge in [0.2, 0.25) is 5.88 Å². The van der Waals surface area contributed by atoms with Crippen molar-refractivity contribution in [1.29, 1.82) is 0 Å². The monoisotopic (exact) mass is 277 g/mol. The molecular formula is C12H18F3N3O. The minimum atomic E-state index is -4.45. The summed E-state index contributed by atoms with van der Waals surface area (Å²) in [4.78, 5) is 3.82. The first kappa shape index (κ1) is 15.6. The van der Waals surface area contributed by atoms with E-state index in [0.29, 0.717) is 12.5 Å². The molecule has 0 spiro atoms. The van der Waals surface area contributed by atoms with Gasteiger partial charge in [-0.3, -0.25) is 0 Å². The van der Waals surface area contributed by atoms with E-state index < -0.39 is 11.7 Å². The van der Waals surface area contributed by atoms with E-state index in [0.717, 1.165) is 25.0 Å². The van der Waals surface area contributed by atoms with Crippen molar-refractivity contribution < 1.29 is 17.9 Å². The summed E-state index contributed by atoms with van der Waals surface area (Å²) < 4.78 is 43.1. The molecule has 108 valence electrons. The van der Waals surface area contributed by atoms with Crippen molar-refractivity contribution in [3.8, 4) is 5.88 Å². The lowest BCUT2D eigenvalue weighted by Gasteiger charge is -2.12. The maximum Gasteiger partial charge on any atom is 0.416 e. The fourth-order valence-electron chi connectivity index (χ4n) is 1.49. The first-order valence-electron chi connectivity index (χ1n) is 6.01. The summed E-state index contributed by atoms with van der Waals surface area (Å²) in [6.07, 6.45) is -2.74. The molecule has 0 saturated heterocycles. The molecule has 0 amide bonds. The summed E-state index contributed by atoms with van der Waals surface area (Å²) in [6, 6.07) is 1.71. The number of ether oxygens (including phenoxy) is 1. The van der Waals surface area contributed by atoms with E-state index in [1.165, 1.54) is 0 Å². The van der Waals surface area contributed by atoms with Gasteiger partial charge in [0, 0.05) is 6.07 Å². The van der Waals surface area contributed by atoms with Crippen LogP contribution in [0.2, 0.25) is 0 Å². The number of anilines is 1. The summed E-state index contributed by atoms with van der Waals surface area (Å²) in [5.41, 5.74) is 1.26. The van der Waals surface area contributed by atoms with Gasteiger partial charge in [0.1, 0.15) is 5.82 Å². The second kappa shape index (κ2) is 6.60. The van der Waals surface area contributed by atoms with Crippen LogP contribution in [-0.4, -0.2) is 11.6 Å². The van der Waals surface area contributed by atoms with Crippen LogP contribution in [0.25, 0.3) is 0 Å². The highest BCUT2D eigenvalue weighted by Crippen LogP contribution is 2.32. The van der Waals surface area contributed by atoms with Gasteiger partial charge >= 0.3 is 6.18 Å². The molecule has 19 heavy (non-hydrogen) atoms. The lowest BCUT2D eigenvalue weighted by molar-refractivity contribution is -0.137. The number of nitrogens with one attached hydrogen (secondary N) is 1. The van der Waals surface area contributed by atoms with Gasteiger partial charge in [-0.15, -0.1) is 0 Å². The number of alkyl halides is 3. The fraction of sp³-hybridized carbons (Fsp3) is 0.583. The highest BCUT2D eigenvalue weighted by atomic mass is 19.4. The molecule has 0 aliphatic carbocycles. The van der Waals surface area contributed by atoms with Gasteiger partial charge in [0.25, 0.3) is 0 Å². The zero-order chi connectivity index (χ0) is 14.5. The minimum absolute atomic E-state index is 0.0753. The summed E-state index contributed by atoms with van der Waals surface area (Å²) in [7, 11) is 0. The average Bonchev–Trinajstić information content (AvgIpc) is 2.33. The third kappa shape index (κ3) is 5.34. The number of nitrogen functional groups attached to an aromatic ring is 1. The van der Waals surface area contributed by atoms with E-state index in [9.17, 15) is 13.2 Å². The van der Waals surface area contributed by atoms with Crippen LogP contribution in [0.4, 0.5) is 19.0 Å². The average molecular weight is 277 g/mol. The van der Waals surface area contributed by atoms with Gasteiger partial charge in [-0.25, -0.2) is 5.84 Å². The molecule has 0 fully saturated rings. The smallest absolute Gasteiger partial charge is 0.416 e. The van der Waals surface area contributed by atoms with E-state index in [1.54, 1.807) is 0 Å². The zero-order valence-electron chi connectivity index (χ0n) is 10.9. The van der Waals surface area contributed by atoms with Crippen LogP contribution in [0.5, 0.6) is 5.88 Å². The first-order chi connectivity index (χ1) is 8.82. The highest BCUT2D eigenvalue weighted by molar-refractivity contribution is 5.41. The molecule has 1 heterocycles. The second-order valence-electron chi connectivity index (χ2n) is 4.61. The number of hydrogen-bond acceptors (Lipinski definition) is 4. The molecule has 0 aliphatic rings. The van der Waals surface area contributed by atoms with Crippen molar-refractivity contribution in [3.05, 3.63) is 17.7 Å². The SMILES string of the molecule is CC(C)CCCOc1cc(C(F)(F)F)cc(NN)n1. The number of halogens is 3. The lowest BCUT2D eigenvalue weighted by Crippen LogP contribution is -2.13. The van der Waals surface area contributed by atoms with Crippen LogP contribution >= 0.6 is 0 Å². The van der Waals surface area contributed by atoms with Gasteiger partial charge in [-0.1, -0.05) is 13.8 Å². The number of rotatable bonds is 6. The Balaban J connectivity index is 2.72. The van der Waals surface area contributed by atoms with Crippen molar-refractivity contribution in [1.82, 2.24) is 4.98 Å². The quantitative estimate of drug-likeness (QED) is 0.476. The van der Waals surface area contributed by atoms with E-state index in [1.807, 2.05) is 0 Å². The Morgan fingerprint density at radius 1 is 1.37 bits per heavy atom. The van der Waals surface area contributed by atoms with Gasteiger partial charge in [0.15, 0.2) is 0 Å². The summed E-state index contributed by atoms with van der Waals surface area (Å²) in [5.74, 6) is 5.46. The highest BCUT2D eigenvalue weighted by Gasteiger charge is 2.31. The summed E-state index contributed by atoms with van der Waals surface area (Å²) in [5, 5.41) is 0. The molecule has 0 unspecified atom stereocenters. The number of pyridine rings is 1. The Hall–Kier alpha value is -1.50. The molecule has 0 saturated carbocycles. The molecule has 0 radical (unpaired) electrons. The predicted octanol–water partition coefficient (Wildman–Crippen LogP) is 3.20.